The zero-order valence-corrected chi connectivity index (χ0v) is 14.4. The first kappa shape index (κ1) is 17.1. The molecule has 0 heterocycles. The van der Waals surface area contributed by atoms with Crippen molar-refractivity contribution in [3.05, 3.63) is 60.2 Å². The van der Waals surface area contributed by atoms with E-state index in [0.717, 1.165) is 6.54 Å². The summed E-state index contributed by atoms with van der Waals surface area (Å²) < 4.78 is 0. The molecule has 2 nitrogen and oxygen atoms in total. The summed E-state index contributed by atoms with van der Waals surface area (Å²) in [4.78, 5) is 2.45. The molecular weight excluding hydrogens is 290 g/mol. The van der Waals surface area contributed by atoms with Crippen molar-refractivity contribution < 1.29 is 5.11 Å². The predicted molar refractivity (Wildman–Crippen MR) is 94.6 cm³/mol. The van der Waals surface area contributed by atoms with Crippen molar-refractivity contribution in [2.24, 2.45) is 0 Å². The molecule has 2 atom stereocenters. The fourth-order valence-electron chi connectivity index (χ4n) is 2.34. The van der Waals surface area contributed by atoms with Crippen molar-refractivity contribution in [3.63, 3.8) is 0 Å². The van der Waals surface area contributed by atoms with Crippen LogP contribution >= 0.6 is 11.8 Å². The van der Waals surface area contributed by atoms with Crippen LogP contribution in [0, 0.1) is 0 Å². The molecule has 2 unspecified atom stereocenters. The van der Waals surface area contributed by atoms with Gasteiger partial charge in [0.25, 0.3) is 0 Å². The summed E-state index contributed by atoms with van der Waals surface area (Å²) in [6.45, 7) is 7.50. The summed E-state index contributed by atoms with van der Waals surface area (Å²) >= 11 is 1.75. The lowest BCUT2D eigenvalue weighted by Crippen LogP contribution is -2.42. The van der Waals surface area contributed by atoms with Crippen LogP contribution in [0.3, 0.4) is 0 Å². The van der Waals surface area contributed by atoms with Crippen LogP contribution in [0.1, 0.15) is 32.3 Å². The van der Waals surface area contributed by atoms with E-state index in [-0.39, 0.29) is 5.92 Å². The number of hydrogen-bond acceptors (Lipinski definition) is 3. The van der Waals surface area contributed by atoms with Gasteiger partial charge in [-0.3, -0.25) is 0 Å². The monoisotopic (exact) mass is 315 g/mol. The molecule has 0 radical (unpaired) electrons. The molecule has 0 aliphatic carbocycles. The van der Waals surface area contributed by atoms with E-state index >= 15 is 0 Å². The Morgan fingerprint density at radius 3 is 2.23 bits per heavy atom. The Morgan fingerprint density at radius 1 is 1.05 bits per heavy atom. The minimum absolute atomic E-state index is 0.0855. The summed E-state index contributed by atoms with van der Waals surface area (Å²) in [7, 11) is 0. The SMILES string of the molecule is CCNCC(C)(O)C(C)c1ccc(Sc2ccccc2)cc1. The first-order valence-corrected chi connectivity index (χ1v) is 8.60. The largest absolute Gasteiger partial charge is 0.388 e. The molecule has 2 N–H and O–H groups in total. The van der Waals surface area contributed by atoms with Gasteiger partial charge >= 0.3 is 0 Å². The normalized spacial score (nSPS) is 15.3. The third kappa shape index (κ3) is 4.60. The maximum atomic E-state index is 10.6. The Bertz CT molecular complexity index is 566. The third-order valence-electron chi connectivity index (χ3n) is 4.02. The molecule has 0 amide bonds. The second-order valence-corrected chi connectivity index (χ2v) is 6.99. The van der Waals surface area contributed by atoms with E-state index in [1.165, 1.54) is 15.4 Å². The Labute approximate surface area is 138 Å². The smallest absolute Gasteiger partial charge is 0.0809 e. The topological polar surface area (TPSA) is 32.3 Å². The van der Waals surface area contributed by atoms with Crippen LogP contribution in [0.15, 0.2) is 64.4 Å². The Balaban J connectivity index is 2.05. The molecule has 118 valence electrons. The summed E-state index contributed by atoms with van der Waals surface area (Å²) in [5.74, 6) is 0.0855. The zero-order chi connectivity index (χ0) is 16.0. The molecule has 2 rings (SSSR count). The minimum atomic E-state index is -0.746. The van der Waals surface area contributed by atoms with Gasteiger partial charge in [-0.2, -0.15) is 0 Å². The van der Waals surface area contributed by atoms with E-state index in [1.54, 1.807) is 11.8 Å². The van der Waals surface area contributed by atoms with Gasteiger partial charge in [-0.1, -0.05) is 55.9 Å². The van der Waals surface area contributed by atoms with Gasteiger partial charge in [-0.05, 0) is 43.3 Å². The van der Waals surface area contributed by atoms with Crippen LogP contribution < -0.4 is 5.32 Å². The summed E-state index contributed by atoms with van der Waals surface area (Å²) in [6, 6.07) is 18.9. The van der Waals surface area contributed by atoms with Gasteiger partial charge in [0, 0.05) is 22.3 Å². The average molecular weight is 315 g/mol. The minimum Gasteiger partial charge on any atom is -0.388 e. The summed E-state index contributed by atoms with van der Waals surface area (Å²) in [5, 5.41) is 13.8. The van der Waals surface area contributed by atoms with Crippen LogP contribution in [0.4, 0.5) is 0 Å². The van der Waals surface area contributed by atoms with Crippen molar-refractivity contribution in [2.45, 2.75) is 42.1 Å². The second kappa shape index (κ2) is 7.82. The number of benzene rings is 2. The quantitative estimate of drug-likeness (QED) is 0.799. The highest BCUT2D eigenvalue weighted by Crippen LogP contribution is 2.31. The number of aliphatic hydroxyl groups is 1. The number of hydrogen-bond donors (Lipinski definition) is 2. The standard InChI is InChI=1S/C19H25NOS/c1-4-20-14-19(3,21)15(2)16-10-12-18(13-11-16)22-17-8-6-5-7-9-17/h5-13,15,20-21H,4,14H2,1-3H3. The van der Waals surface area contributed by atoms with Crippen LogP contribution in [-0.4, -0.2) is 23.8 Å². The fraction of sp³-hybridized carbons (Fsp3) is 0.368. The van der Waals surface area contributed by atoms with Crippen LogP contribution in [0.25, 0.3) is 0 Å². The Hall–Kier alpha value is -1.29. The molecule has 0 saturated carbocycles. The number of nitrogens with one attached hydrogen (secondary N) is 1. The molecule has 0 spiro atoms. The van der Waals surface area contributed by atoms with Gasteiger partial charge in [0.05, 0.1) is 5.60 Å². The van der Waals surface area contributed by atoms with Crippen molar-refractivity contribution in [1.29, 1.82) is 0 Å². The van der Waals surface area contributed by atoms with Gasteiger partial charge in [-0.15, -0.1) is 0 Å². The van der Waals surface area contributed by atoms with Crippen LogP contribution in [-0.2, 0) is 0 Å². The lowest BCUT2D eigenvalue weighted by molar-refractivity contribution is 0.0368. The average Bonchev–Trinajstić information content (AvgIpc) is 2.54. The first-order chi connectivity index (χ1) is 10.5. The molecule has 0 saturated heterocycles. The Morgan fingerprint density at radius 2 is 1.64 bits per heavy atom. The molecule has 2 aromatic rings. The lowest BCUT2D eigenvalue weighted by atomic mass is 9.85. The third-order valence-corrected chi connectivity index (χ3v) is 5.04. The Kier molecular flexibility index (Phi) is 6.07. The summed E-state index contributed by atoms with van der Waals surface area (Å²) in [6.07, 6.45) is 0. The first-order valence-electron chi connectivity index (χ1n) is 7.79. The van der Waals surface area contributed by atoms with E-state index in [1.807, 2.05) is 13.0 Å². The summed E-state index contributed by atoms with van der Waals surface area (Å²) in [5.41, 5.74) is 0.421. The lowest BCUT2D eigenvalue weighted by Gasteiger charge is -2.31. The molecule has 0 aliphatic rings. The van der Waals surface area contributed by atoms with Crippen LogP contribution in [0.2, 0.25) is 0 Å². The highest BCUT2D eigenvalue weighted by atomic mass is 32.2. The van der Waals surface area contributed by atoms with Gasteiger partial charge in [-0.25, -0.2) is 0 Å². The maximum absolute atomic E-state index is 10.6. The highest BCUT2D eigenvalue weighted by Gasteiger charge is 2.28. The zero-order valence-electron chi connectivity index (χ0n) is 13.5. The molecule has 2 aromatic carbocycles. The molecule has 3 heteroatoms. The van der Waals surface area contributed by atoms with E-state index in [9.17, 15) is 5.11 Å². The molecule has 0 aliphatic heterocycles. The van der Waals surface area contributed by atoms with Crippen LogP contribution in [0.5, 0.6) is 0 Å². The van der Waals surface area contributed by atoms with Gasteiger partial charge < -0.3 is 10.4 Å². The molecule has 0 bridgehead atoms. The van der Waals surface area contributed by atoms with Crippen molar-refractivity contribution in [3.8, 4) is 0 Å². The highest BCUT2D eigenvalue weighted by molar-refractivity contribution is 7.99. The molecule has 0 fully saturated rings. The van der Waals surface area contributed by atoms with Crippen molar-refractivity contribution in [1.82, 2.24) is 5.32 Å². The van der Waals surface area contributed by atoms with Gasteiger partial charge in [0.1, 0.15) is 0 Å². The van der Waals surface area contributed by atoms with Crippen molar-refractivity contribution >= 4 is 11.8 Å². The number of rotatable bonds is 7. The number of likely N-dealkylation sites (N-methyl/N-ethyl adjacent to an activating group) is 1. The fourth-order valence-corrected chi connectivity index (χ4v) is 3.18. The second-order valence-electron chi connectivity index (χ2n) is 5.84. The maximum Gasteiger partial charge on any atom is 0.0809 e. The van der Waals surface area contributed by atoms with E-state index in [2.05, 4.69) is 67.7 Å². The molecule has 0 aromatic heterocycles. The molecule has 22 heavy (non-hydrogen) atoms. The van der Waals surface area contributed by atoms with Gasteiger partial charge in [0.2, 0.25) is 0 Å². The van der Waals surface area contributed by atoms with E-state index in [4.69, 9.17) is 0 Å². The van der Waals surface area contributed by atoms with Crippen molar-refractivity contribution in [2.75, 3.05) is 13.1 Å². The van der Waals surface area contributed by atoms with Gasteiger partial charge in [0.15, 0.2) is 0 Å². The molecular formula is C19H25NOS. The van der Waals surface area contributed by atoms with E-state index < -0.39 is 5.60 Å². The van der Waals surface area contributed by atoms with E-state index in [0.29, 0.717) is 6.54 Å². The predicted octanol–water partition coefficient (Wildman–Crippen LogP) is 4.30.